The first-order valence-corrected chi connectivity index (χ1v) is 12.1. The van der Waals surface area contributed by atoms with Crippen LogP contribution in [0.2, 0.25) is 0 Å². The lowest BCUT2D eigenvalue weighted by Crippen LogP contribution is -2.34. The monoisotopic (exact) mass is 494 g/mol. The highest BCUT2D eigenvalue weighted by Gasteiger charge is 2.67. The first-order valence-electron chi connectivity index (χ1n) is 12.1. The SMILES string of the molecule is CC1CC1(C(=O)OCCOC(=O)C1(C(=O)OCc2ccccc2)CC1C)C(=O)OCc1ccccc1. The number of ether oxygens (including phenoxy) is 4. The van der Waals surface area contributed by atoms with Crippen molar-refractivity contribution in [3.05, 3.63) is 71.8 Å². The molecule has 0 radical (unpaired) electrons. The predicted octanol–water partition coefficient (Wildman–Crippen LogP) is 3.61. The fourth-order valence-corrected chi connectivity index (χ4v) is 4.38. The topological polar surface area (TPSA) is 105 Å². The number of esters is 4. The van der Waals surface area contributed by atoms with Gasteiger partial charge in [0.05, 0.1) is 0 Å². The van der Waals surface area contributed by atoms with E-state index in [4.69, 9.17) is 18.9 Å². The van der Waals surface area contributed by atoms with Crippen molar-refractivity contribution in [2.45, 2.75) is 39.9 Å². The van der Waals surface area contributed by atoms with Crippen molar-refractivity contribution in [3.63, 3.8) is 0 Å². The highest BCUT2D eigenvalue weighted by Crippen LogP contribution is 2.55. The zero-order valence-corrected chi connectivity index (χ0v) is 20.4. The van der Waals surface area contributed by atoms with Gasteiger partial charge < -0.3 is 18.9 Å². The smallest absolute Gasteiger partial charge is 0.324 e. The van der Waals surface area contributed by atoms with Gasteiger partial charge in [0.15, 0.2) is 10.8 Å². The molecule has 2 fully saturated rings. The molecule has 0 saturated heterocycles. The molecule has 2 aromatic rings. The van der Waals surface area contributed by atoms with Gasteiger partial charge in [-0.1, -0.05) is 74.5 Å². The van der Waals surface area contributed by atoms with Crippen LogP contribution in [0.3, 0.4) is 0 Å². The second kappa shape index (κ2) is 10.5. The van der Waals surface area contributed by atoms with Gasteiger partial charge in [-0.3, -0.25) is 19.2 Å². The maximum Gasteiger partial charge on any atom is 0.324 e. The number of carbonyl (C=O) groups is 4. The van der Waals surface area contributed by atoms with Crippen molar-refractivity contribution in [3.8, 4) is 0 Å². The van der Waals surface area contributed by atoms with Gasteiger partial charge in [-0.15, -0.1) is 0 Å². The number of rotatable bonds is 11. The molecule has 8 nitrogen and oxygen atoms in total. The number of hydrogen-bond acceptors (Lipinski definition) is 8. The summed E-state index contributed by atoms with van der Waals surface area (Å²) in [4.78, 5) is 50.7. The fraction of sp³-hybridized carbons (Fsp3) is 0.429. The van der Waals surface area contributed by atoms with Gasteiger partial charge in [-0.25, -0.2) is 0 Å². The maximum absolute atomic E-state index is 12.7. The molecular weight excluding hydrogens is 464 g/mol. The van der Waals surface area contributed by atoms with Crippen LogP contribution in [-0.4, -0.2) is 37.1 Å². The Morgan fingerprint density at radius 3 is 1.22 bits per heavy atom. The van der Waals surface area contributed by atoms with Crippen molar-refractivity contribution in [1.29, 1.82) is 0 Å². The third kappa shape index (κ3) is 5.12. The summed E-state index contributed by atoms with van der Waals surface area (Å²) < 4.78 is 21.2. The van der Waals surface area contributed by atoms with Crippen molar-refractivity contribution in [2.24, 2.45) is 22.7 Å². The molecule has 8 heteroatoms. The standard InChI is InChI=1S/C28H30O8/c1-19-15-27(19,25(31)35-17-21-9-5-3-6-10-21)23(29)33-13-14-34-24(30)28(16-20(28)2)26(32)36-18-22-11-7-4-8-12-22/h3-12,19-20H,13-18H2,1-2H3. The van der Waals surface area contributed by atoms with Gasteiger partial charge >= 0.3 is 23.9 Å². The van der Waals surface area contributed by atoms with E-state index in [0.717, 1.165) is 11.1 Å². The van der Waals surface area contributed by atoms with Gasteiger partial charge in [-0.05, 0) is 35.8 Å². The van der Waals surface area contributed by atoms with E-state index in [9.17, 15) is 19.2 Å². The summed E-state index contributed by atoms with van der Waals surface area (Å²) in [5, 5.41) is 0. The molecule has 2 aromatic carbocycles. The Bertz CT molecular complexity index is 1030. The van der Waals surface area contributed by atoms with Gasteiger partial charge in [0, 0.05) is 0 Å². The summed E-state index contributed by atoms with van der Waals surface area (Å²) in [6.45, 7) is 3.25. The van der Waals surface area contributed by atoms with E-state index in [1.165, 1.54) is 0 Å². The Balaban J connectivity index is 1.22. The largest absolute Gasteiger partial charge is 0.461 e. The Kier molecular flexibility index (Phi) is 7.43. The summed E-state index contributed by atoms with van der Waals surface area (Å²) in [5.41, 5.74) is -1.02. The quantitative estimate of drug-likeness (QED) is 0.202. The maximum atomic E-state index is 12.7. The molecule has 2 saturated carbocycles. The minimum atomic E-state index is -1.33. The molecule has 4 unspecified atom stereocenters. The highest BCUT2D eigenvalue weighted by molar-refractivity contribution is 6.04. The summed E-state index contributed by atoms with van der Waals surface area (Å²) in [5.74, 6) is -3.03. The highest BCUT2D eigenvalue weighted by atomic mass is 16.6. The van der Waals surface area contributed by atoms with Crippen LogP contribution >= 0.6 is 0 Å². The molecule has 2 aliphatic rings. The minimum absolute atomic E-state index is 0.0691. The second-order valence-corrected chi connectivity index (χ2v) is 9.55. The Morgan fingerprint density at radius 1 is 0.611 bits per heavy atom. The zero-order valence-electron chi connectivity index (χ0n) is 20.4. The van der Waals surface area contributed by atoms with Gasteiger partial charge in [0.1, 0.15) is 26.4 Å². The van der Waals surface area contributed by atoms with Crippen molar-refractivity contribution in [2.75, 3.05) is 13.2 Å². The van der Waals surface area contributed by atoms with E-state index in [1.807, 2.05) is 60.7 Å². The van der Waals surface area contributed by atoms with Crippen molar-refractivity contribution < 1.29 is 38.1 Å². The van der Waals surface area contributed by atoms with Crippen LogP contribution in [0.15, 0.2) is 60.7 Å². The molecule has 4 rings (SSSR count). The lowest BCUT2D eigenvalue weighted by Gasteiger charge is -2.17. The molecule has 2 aliphatic carbocycles. The zero-order chi connectivity index (χ0) is 25.8. The molecule has 0 heterocycles. The molecule has 4 atom stereocenters. The Labute approximate surface area is 209 Å². The van der Waals surface area contributed by atoms with Crippen LogP contribution in [0.25, 0.3) is 0 Å². The summed E-state index contributed by atoms with van der Waals surface area (Å²) >= 11 is 0. The normalized spacial score (nSPS) is 25.8. The first kappa shape index (κ1) is 25.4. The van der Waals surface area contributed by atoms with Crippen molar-refractivity contribution >= 4 is 23.9 Å². The van der Waals surface area contributed by atoms with Crippen LogP contribution in [-0.2, 0) is 51.3 Å². The average Bonchev–Trinajstić information content (AvgIpc) is 3.79. The molecule has 36 heavy (non-hydrogen) atoms. The molecule has 0 aliphatic heterocycles. The van der Waals surface area contributed by atoms with Crippen LogP contribution < -0.4 is 0 Å². The average molecular weight is 495 g/mol. The Hall–Kier alpha value is -3.68. The van der Waals surface area contributed by atoms with E-state index in [-0.39, 0.29) is 38.3 Å². The third-order valence-electron chi connectivity index (χ3n) is 7.05. The van der Waals surface area contributed by atoms with E-state index in [2.05, 4.69) is 0 Å². The van der Waals surface area contributed by atoms with E-state index in [0.29, 0.717) is 12.8 Å². The van der Waals surface area contributed by atoms with E-state index in [1.54, 1.807) is 13.8 Å². The van der Waals surface area contributed by atoms with E-state index >= 15 is 0 Å². The molecule has 0 amide bonds. The first-order chi connectivity index (χ1) is 17.3. The van der Waals surface area contributed by atoms with Crippen LogP contribution in [0.5, 0.6) is 0 Å². The molecule has 190 valence electrons. The molecule has 0 aromatic heterocycles. The van der Waals surface area contributed by atoms with Crippen LogP contribution in [0.4, 0.5) is 0 Å². The minimum Gasteiger partial charge on any atom is -0.461 e. The number of carbonyl (C=O) groups excluding carboxylic acids is 4. The summed E-state index contributed by atoms with van der Waals surface area (Å²) in [7, 11) is 0. The lowest BCUT2D eigenvalue weighted by molar-refractivity contribution is -0.172. The number of hydrogen-bond donors (Lipinski definition) is 0. The summed E-state index contributed by atoms with van der Waals surface area (Å²) in [6.07, 6.45) is 0.681. The number of benzene rings is 2. The lowest BCUT2D eigenvalue weighted by atomic mass is 10.1. The second-order valence-electron chi connectivity index (χ2n) is 9.55. The third-order valence-corrected chi connectivity index (χ3v) is 7.05. The predicted molar refractivity (Wildman–Crippen MR) is 127 cm³/mol. The molecular formula is C28H30O8. The van der Waals surface area contributed by atoms with Crippen LogP contribution in [0, 0.1) is 22.7 Å². The fourth-order valence-electron chi connectivity index (χ4n) is 4.38. The van der Waals surface area contributed by atoms with Gasteiger partial charge in [0.25, 0.3) is 0 Å². The molecule has 0 N–H and O–H groups in total. The molecule has 0 spiro atoms. The van der Waals surface area contributed by atoms with E-state index < -0.39 is 34.7 Å². The summed E-state index contributed by atoms with van der Waals surface area (Å²) in [6, 6.07) is 18.4. The van der Waals surface area contributed by atoms with Gasteiger partial charge in [0.2, 0.25) is 0 Å². The van der Waals surface area contributed by atoms with Gasteiger partial charge in [-0.2, -0.15) is 0 Å². The van der Waals surface area contributed by atoms with Crippen LogP contribution in [0.1, 0.15) is 37.8 Å². The van der Waals surface area contributed by atoms with Crippen molar-refractivity contribution in [1.82, 2.24) is 0 Å². The Morgan fingerprint density at radius 2 is 0.917 bits per heavy atom. The molecule has 0 bridgehead atoms.